The molecule has 0 spiro atoms. The monoisotopic (exact) mass is 234 g/mol. The van der Waals surface area contributed by atoms with Crippen molar-refractivity contribution in [3.63, 3.8) is 0 Å². The van der Waals surface area contributed by atoms with Gasteiger partial charge in [-0.05, 0) is 19.9 Å². The summed E-state index contributed by atoms with van der Waals surface area (Å²) in [6, 6.07) is 1.92. The summed E-state index contributed by atoms with van der Waals surface area (Å²) in [7, 11) is 1.44. The molecule has 0 amide bonds. The molecule has 2 aromatic rings. The van der Waals surface area contributed by atoms with Crippen molar-refractivity contribution in [2.24, 2.45) is 7.05 Å². The van der Waals surface area contributed by atoms with Crippen LogP contribution in [0.2, 0.25) is 0 Å². The number of nitrogens with zero attached hydrogens (tertiary/aromatic N) is 2. The standard InChI is InChI=1S/C11H14N4O2/c1-6(2)13-7-4-5-12-9-8(7)10(16)15(3)11(17)14-9/h4-6H,1-3H3,(H2,12,13,14,17). The Morgan fingerprint density at radius 2 is 2.12 bits per heavy atom. The van der Waals surface area contributed by atoms with Crippen molar-refractivity contribution in [1.82, 2.24) is 14.5 Å². The molecule has 0 aliphatic carbocycles. The number of aromatic amines is 1. The van der Waals surface area contributed by atoms with Gasteiger partial charge in [0.1, 0.15) is 11.0 Å². The van der Waals surface area contributed by atoms with E-state index >= 15 is 0 Å². The van der Waals surface area contributed by atoms with Gasteiger partial charge in [-0.25, -0.2) is 9.78 Å². The number of fused-ring (bicyclic) bond motifs is 1. The predicted molar refractivity (Wildman–Crippen MR) is 66.4 cm³/mol. The van der Waals surface area contributed by atoms with E-state index in [1.165, 1.54) is 7.05 Å². The first-order valence-electron chi connectivity index (χ1n) is 5.35. The molecule has 0 bridgehead atoms. The highest BCUT2D eigenvalue weighted by Crippen LogP contribution is 2.15. The molecule has 6 nitrogen and oxygen atoms in total. The number of anilines is 1. The number of H-pyrrole nitrogens is 1. The maximum atomic E-state index is 12.0. The molecular formula is C11H14N4O2. The maximum absolute atomic E-state index is 12.0. The second-order valence-electron chi connectivity index (χ2n) is 4.18. The number of rotatable bonds is 2. The van der Waals surface area contributed by atoms with Gasteiger partial charge in [-0.3, -0.25) is 14.3 Å². The first-order valence-corrected chi connectivity index (χ1v) is 5.35. The van der Waals surface area contributed by atoms with Crippen molar-refractivity contribution >= 4 is 16.7 Å². The fourth-order valence-electron chi connectivity index (χ4n) is 1.65. The number of nitrogens with one attached hydrogen (secondary N) is 2. The Bertz CT molecular complexity index is 669. The first-order chi connectivity index (χ1) is 8.00. The van der Waals surface area contributed by atoms with Gasteiger partial charge in [0, 0.05) is 19.3 Å². The lowest BCUT2D eigenvalue weighted by molar-refractivity contribution is 0.790. The zero-order valence-corrected chi connectivity index (χ0v) is 9.94. The van der Waals surface area contributed by atoms with E-state index in [0.717, 1.165) is 4.57 Å². The molecule has 0 atom stereocenters. The van der Waals surface area contributed by atoms with Gasteiger partial charge in [0.25, 0.3) is 5.56 Å². The molecule has 90 valence electrons. The van der Waals surface area contributed by atoms with Gasteiger partial charge in [-0.15, -0.1) is 0 Å². The van der Waals surface area contributed by atoms with E-state index in [1.54, 1.807) is 12.3 Å². The van der Waals surface area contributed by atoms with Crippen molar-refractivity contribution in [2.75, 3.05) is 5.32 Å². The van der Waals surface area contributed by atoms with Crippen molar-refractivity contribution in [3.8, 4) is 0 Å². The minimum atomic E-state index is -0.461. The highest BCUT2D eigenvalue weighted by molar-refractivity contribution is 5.87. The molecule has 0 saturated heterocycles. The molecule has 0 saturated carbocycles. The normalized spacial score (nSPS) is 11.1. The Morgan fingerprint density at radius 1 is 1.41 bits per heavy atom. The summed E-state index contributed by atoms with van der Waals surface area (Å²) < 4.78 is 1.04. The first kappa shape index (κ1) is 11.4. The molecular weight excluding hydrogens is 220 g/mol. The average Bonchev–Trinajstić information content (AvgIpc) is 2.25. The summed E-state index contributed by atoms with van der Waals surface area (Å²) in [6.07, 6.45) is 1.56. The number of hydrogen-bond acceptors (Lipinski definition) is 4. The van der Waals surface area contributed by atoms with Crippen molar-refractivity contribution in [1.29, 1.82) is 0 Å². The summed E-state index contributed by atoms with van der Waals surface area (Å²) >= 11 is 0. The smallest absolute Gasteiger partial charge is 0.329 e. The van der Waals surface area contributed by atoms with E-state index in [0.29, 0.717) is 16.7 Å². The van der Waals surface area contributed by atoms with Crippen LogP contribution in [0.1, 0.15) is 13.8 Å². The number of pyridine rings is 1. The van der Waals surface area contributed by atoms with Crippen LogP contribution in [0.4, 0.5) is 5.69 Å². The number of aromatic nitrogens is 3. The molecule has 2 heterocycles. The van der Waals surface area contributed by atoms with Crippen LogP contribution in [0.5, 0.6) is 0 Å². The lowest BCUT2D eigenvalue weighted by Gasteiger charge is -2.11. The van der Waals surface area contributed by atoms with Crippen LogP contribution in [0, 0.1) is 0 Å². The van der Waals surface area contributed by atoms with Gasteiger partial charge >= 0.3 is 5.69 Å². The molecule has 0 aliphatic heterocycles. The zero-order valence-electron chi connectivity index (χ0n) is 9.94. The van der Waals surface area contributed by atoms with Crippen LogP contribution in [-0.2, 0) is 7.05 Å². The predicted octanol–water partition coefficient (Wildman–Crippen LogP) is 0.442. The van der Waals surface area contributed by atoms with E-state index in [1.807, 2.05) is 13.8 Å². The molecule has 0 unspecified atom stereocenters. The van der Waals surface area contributed by atoms with E-state index in [2.05, 4.69) is 15.3 Å². The van der Waals surface area contributed by atoms with Gasteiger partial charge in [0.05, 0.1) is 5.69 Å². The Hall–Kier alpha value is -2.11. The minimum absolute atomic E-state index is 0.192. The Labute approximate surface area is 97.3 Å². The number of hydrogen-bond donors (Lipinski definition) is 2. The highest BCUT2D eigenvalue weighted by Gasteiger charge is 2.10. The van der Waals surface area contributed by atoms with Crippen molar-refractivity contribution in [3.05, 3.63) is 33.1 Å². The van der Waals surface area contributed by atoms with E-state index in [9.17, 15) is 9.59 Å². The van der Waals surface area contributed by atoms with Crippen LogP contribution in [0.15, 0.2) is 21.9 Å². The largest absolute Gasteiger partial charge is 0.382 e. The van der Waals surface area contributed by atoms with Gasteiger partial charge in [0.15, 0.2) is 0 Å². The lowest BCUT2D eigenvalue weighted by Crippen LogP contribution is -2.33. The van der Waals surface area contributed by atoms with Crippen LogP contribution in [0.3, 0.4) is 0 Å². The summed E-state index contributed by atoms with van der Waals surface area (Å²) in [4.78, 5) is 30.0. The SMILES string of the molecule is CC(C)Nc1ccnc2[nH]c(=O)n(C)c(=O)c12. The van der Waals surface area contributed by atoms with Gasteiger partial charge in [0.2, 0.25) is 0 Å². The lowest BCUT2D eigenvalue weighted by atomic mass is 10.2. The molecule has 0 radical (unpaired) electrons. The van der Waals surface area contributed by atoms with Crippen molar-refractivity contribution in [2.45, 2.75) is 19.9 Å². The van der Waals surface area contributed by atoms with Gasteiger partial charge in [-0.1, -0.05) is 0 Å². The third-order valence-electron chi connectivity index (χ3n) is 2.44. The fourth-order valence-corrected chi connectivity index (χ4v) is 1.65. The van der Waals surface area contributed by atoms with Crippen LogP contribution in [0.25, 0.3) is 11.0 Å². The summed E-state index contributed by atoms with van der Waals surface area (Å²) in [5.41, 5.74) is 0.183. The van der Waals surface area contributed by atoms with E-state index in [-0.39, 0.29) is 11.6 Å². The molecule has 0 fully saturated rings. The van der Waals surface area contributed by atoms with Gasteiger partial charge in [-0.2, -0.15) is 0 Å². The minimum Gasteiger partial charge on any atom is -0.382 e. The molecule has 2 N–H and O–H groups in total. The third kappa shape index (κ3) is 1.93. The van der Waals surface area contributed by atoms with E-state index < -0.39 is 5.69 Å². The van der Waals surface area contributed by atoms with Crippen molar-refractivity contribution < 1.29 is 0 Å². The second-order valence-corrected chi connectivity index (χ2v) is 4.18. The Balaban J connectivity index is 2.84. The molecule has 2 rings (SSSR count). The quantitative estimate of drug-likeness (QED) is 0.790. The average molecular weight is 234 g/mol. The summed E-state index contributed by atoms with van der Waals surface area (Å²) in [5.74, 6) is 0. The highest BCUT2D eigenvalue weighted by atomic mass is 16.2. The maximum Gasteiger partial charge on any atom is 0.329 e. The third-order valence-corrected chi connectivity index (χ3v) is 2.44. The zero-order chi connectivity index (χ0) is 12.6. The van der Waals surface area contributed by atoms with Gasteiger partial charge < -0.3 is 5.32 Å². The van der Waals surface area contributed by atoms with Crippen LogP contribution >= 0.6 is 0 Å². The Kier molecular flexibility index (Phi) is 2.71. The topological polar surface area (TPSA) is 79.8 Å². The fraction of sp³-hybridized carbons (Fsp3) is 0.364. The second kappa shape index (κ2) is 4.04. The summed E-state index contributed by atoms with van der Waals surface area (Å²) in [6.45, 7) is 3.95. The molecule has 17 heavy (non-hydrogen) atoms. The molecule has 0 aliphatic rings. The summed E-state index contributed by atoms with van der Waals surface area (Å²) in [5, 5.41) is 3.57. The molecule has 6 heteroatoms. The van der Waals surface area contributed by atoms with E-state index in [4.69, 9.17) is 0 Å². The molecule has 2 aromatic heterocycles. The Morgan fingerprint density at radius 3 is 2.76 bits per heavy atom. The van der Waals surface area contributed by atoms with Crippen LogP contribution < -0.4 is 16.6 Å². The molecule has 0 aromatic carbocycles. The van der Waals surface area contributed by atoms with Crippen LogP contribution in [-0.4, -0.2) is 20.6 Å².